The molecule has 16 heavy (non-hydrogen) atoms. The zero-order valence-corrected chi connectivity index (χ0v) is 10.2. The molecule has 0 bridgehead atoms. The summed E-state index contributed by atoms with van der Waals surface area (Å²) in [4.78, 5) is 10.8. The SMILES string of the molecule is COC(=O)NS(=O)(=O)NC(C(N)=S)C1CC1. The predicted octanol–water partition coefficient (Wildman–Crippen LogP) is -0.758. The van der Waals surface area contributed by atoms with Crippen LogP contribution in [0.1, 0.15) is 12.8 Å². The Morgan fingerprint density at radius 1 is 1.56 bits per heavy atom. The zero-order chi connectivity index (χ0) is 12.3. The van der Waals surface area contributed by atoms with Crippen LogP contribution in [0.2, 0.25) is 0 Å². The lowest BCUT2D eigenvalue weighted by atomic mass is 10.2. The molecule has 92 valence electrons. The molecule has 0 aliphatic heterocycles. The van der Waals surface area contributed by atoms with Gasteiger partial charge in [-0.05, 0) is 18.8 Å². The Labute approximate surface area is 98.9 Å². The smallest absolute Gasteiger partial charge is 0.421 e. The minimum absolute atomic E-state index is 0.0674. The molecule has 0 aromatic heterocycles. The number of hydrogen-bond acceptors (Lipinski definition) is 5. The van der Waals surface area contributed by atoms with Gasteiger partial charge in [-0.15, -0.1) is 0 Å². The second-order valence-electron chi connectivity index (χ2n) is 3.43. The maximum atomic E-state index is 11.4. The van der Waals surface area contributed by atoms with Gasteiger partial charge in [0.1, 0.15) is 0 Å². The van der Waals surface area contributed by atoms with Gasteiger partial charge in [0.2, 0.25) is 0 Å². The van der Waals surface area contributed by atoms with Gasteiger partial charge in [0.05, 0.1) is 18.1 Å². The highest BCUT2D eigenvalue weighted by atomic mass is 32.2. The Hall–Kier alpha value is -0.930. The van der Waals surface area contributed by atoms with E-state index in [1.54, 1.807) is 4.72 Å². The van der Waals surface area contributed by atoms with E-state index in [0.29, 0.717) is 0 Å². The van der Waals surface area contributed by atoms with Crippen LogP contribution in [0.15, 0.2) is 0 Å². The third-order valence-electron chi connectivity index (χ3n) is 2.09. The number of carbonyl (C=O) groups excluding carboxylic acids is 1. The van der Waals surface area contributed by atoms with Gasteiger partial charge >= 0.3 is 16.3 Å². The van der Waals surface area contributed by atoms with Crippen molar-refractivity contribution in [3.05, 3.63) is 0 Å². The number of ether oxygens (including phenoxy) is 1. The summed E-state index contributed by atoms with van der Waals surface area (Å²) < 4.78 is 30.9. The van der Waals surface area contributed by atoms with Crippen LogP contribution in [0.4, 0.5) is 4.79 Å². The van der Waals surface area contributed by atoms with Crippen LogP contribution in [0, 0.1) is 5.92 Å². The largest absolute Gasteiger partial charge is 0.452 e. The van der Waals surface area contributed by atoms with E-state index in [0.717, 1.165) is 20.0 Å². The van der Waals surface area contributed by atoms with Crippen molar-refractivity contribution in [2.24, 2.45) is 11.7 Å². The fraction of sp³-hybridized carbons (Fsp3) is 0.714. The molecule has 1 amide bonds. The predicted molar refractivity (Wildman–Crippen MR) is 60.9 cm³/mol. The molecule has 0 radical (unpaired) electrons. The fourth-order valence-electron chi connectivity index (χ4n) is 1.16. The maximum absolute atomic E-state index is 11.4. The molecule has 0 aromatic carbocycles. The summed E-state index contributed by atoms with van der Waals surface area (Å²) in [5, 5.41) is 0. The van der Waals surface area contributed by atoms with E-state index in [2.05, 4.69) is 9.46 Å². The first-order valence-electron chi connectivity index (χ1n) is 4.53. The summed E-state index contributed by atoms with van der Waals surface area (Å²) in [5.41, 5.74) is 5.41. The molecule has 1 fully saturated rings. The number of rotatable bonds is 5. The molecule has 1 atom stereocenters. The third kappa shape index (κ3) is 3.91. The molecule has 0 spiro atoms. The molecular weight excluding hydrogens is 254 g/mol. The third-order valence-corrected chi connectivity index (χ3v) is 3.34. The van der Waals surface area contributed by atoms with E-state index in [4.69, 9.17) is 18.0 Å². The number of methoxy groups -OCH3 is 1. The van der Waals surface area contributed by atoms with Crippen molar-refractivity contribution in [1.29, 1.82) is 0 Å². The number of carbonyl (C=O) groups is 1. The number of hydrogen-bond donors (Lipinski definition) is 3. The quantitative estimate of drug-likeness (QED) is 0.565. The lowest BCUT2D eigenvalue weighted by Crippen LogP contribution is -2.50. The lowest BCUT2D eigenvalue weighted by Gasteiger charge is -2.16. The van der Waals surface area contributed by atoms with Gasteiger partial charge in [0, 0.05) is 0 Å². The standard InChI is InChI=1S/C7H13N3O4S2/c1-14-7(11)10-16(12,13)9-5(6(8)15)4-2-3-4/h4-5,9H,2-3H2,1H3,(H2,8,15)(H,10,11). The van der Waals surface area contributed by atoms with Crippen LogP contribution in [-0.4, -0.2) is 32.7 Å². The molecular formula is C7H13N3O4S2. The van der Waals surface area contributed by atoms with Crippen molar-refractivity contribution < 1.29 is 17.9 Å². The Bertz CT molecular complexity index is 390. The summed E-state index contributed by atoms with van der Waals surface area (Å²) in [6.07, 6.45) is 0.663. The van der Waals surface area contributed by atoms with Crippen molar-refractivity contribution in [2.45, 2.75) is 18.9 Å². The van der Waals surface area contributed by atoms with Gasteiger partial charge in [0.15, 0.2) is 0 Å². The monoisotopic (exact) mass is 267 g/mol. The highest BCUT2D eigenvalue weighted by Gasteiger charge is 2.36. The van der Waals surface area contributed by atoms with Gasteiger partial charge < -0.3 is 10.5 Å². The van der Waals surface area contributed by atoms with E-state index in [9.17, 15) is 13.2 Å². The van der Waals surface area contributed by atoms with Crippen molar-refractivity contribution in [2.75, 3.05) is 7.11 Å². The van der Waals surface area contributed by atoms with Crippen molar-refractivity contribution in [3.63, 3.8) is 0 Å². The van der Waals surface area contributed by atoms with Crippen LogP contribution < -0.4 is 15.2 Å². The minimum Gasteiger partial charge on any atom is -0.452 e. The molecule has 1 rings (SSSR count). The Kier molecular flexibility index (Phi) is 4.05. The van der Waals surface area contributed by atoms with Crippen LogP contribution >= 0.6 is 12.2 Å². The van der Waals surface area contributed by atoms with Crippen molar-refractivity contribution in [1.82, 2.24) is 9.44 Å². The number of thiocarbonyl (C=S) groups is 1. The lowest BCUT2D eigenvalue weighted by molar-refractivity contribution is 0.177. The van der Waals surface area contributed by atoms with Gasteiger partial charge in [-0.25, -0.2) is 9.52 Å². The molecule has 4 N–H and O–H groups in total. The van der Waals surface area contributed by atoms with E-state index in [1.807, 2.05) is 0 Å². The minimum atomic E-state index is -3.98. The zero-order valence-electron chi connectivity index (χ0n) is 8.60. The number of nitrogens with two attached hydrogens (primary N) is 1. The van der Waals surface area contributed by atoms with Crippen molar-refractivity contribution >= 4 is 33.5 Å². The molecule has 1 aliphatic rings. The summed E-state index contributed by atoms with van der Waals surface area (Å²) >= 11 is 4.75. The van der Waals surface area contributed by atoms with E-state index in [-0.39, 0.29) is 10.9 Å². The second kappa shape index (κ2) is 4.93. The Morgan fingerprint density at radius 3 is 2.50 bits per heavy atom. The molecule has 0 aromatic rings. The Morgan fingerprint density at radius 2 is 2.12 bits per heavy atom. The summed E-state index contributed by atoms with van der Waals surface area (Å²) in [5.74, 6) is 0.117. The maximum Gasteiger partial charge on any atom is 0.421 e. The topological polar surface area (TPSA) is 111 Å². The average Bonchev–Trinajstić information content (AvgIpc) is 2.96. The van der Waals surface area contributed by atoms with Crippen LogP contribution in [0.3, 0.4) is 0 Å². The van der Waals surface area contributed by atoms with E-state index >= 15 is 0 Å². The van der Waals surface area contributed by atoms with Crippen molar-refractivity contribution in [3.8, 4) is 0 Å². The Balaban J connectivity index is 2.62. The van der Waals surface area contributed by atoms with Crippen LogP contribution in [0.5, 0.6) is 0 Å². The van der Waals surface area contributed by atoms with E-state index < -0.39 is 22.3 Å². The van der Waals surface area contributed by atoms with Crippen LogP contribution in [-0.2, 0) is 14.9 Å². The molecule has 0 heterocycles. The normalized spacial score (nSPS) is 17.6. The number of amides is 1. The van der Waals surface area contributed by atoms with Gasteiger partial charge in [-0.3, -0.25) is 0 Å². The molecule has 1 unspecified atom stereocenters. The first kappa shape index (κ1) is 13.1. The highest BCUT2D eigenvalue weighted by molar-refractivity contribution is 7.88. The first-order valence-corrected chi connectivity index (χ1v) is 6.42. The van der Waals surface area contributed by atoms with Gasteiger partial charge in [0.25, 0.3) is 0 Å². The van der Waals surface area contributed by atoms with Crippen LogP contribution in [0.25, 0.3) is 0 Å². The van der Waals surface area contributed by atoms with Gasteiger partial charge in [-0.2, -0.15) is 13.1 Å². The molecule has 1 aliphatic carbocycles. The summed E-state index contributed by atoms with van der Waals surface area (Å²) in [6, 6.07) is -0.614. The molecule has 9 heteroatoms. The second-order valence-corrected chi connectivity index (χ2v) is 5.35. The molecule has 7 nitrogen and oxygen atoms in total. The average molecular weight is 267 g/mol. The summed E-state index contributed by atoms with van der Waals surface area (Å²) in [7, 11) is -2.92. The number of nitrogens with one attached hydrogen (secondary N) is 2. The molecule has 0 saturated heterocycles. The first-order chi connectivity index (χ1) is 7.35. The highest BCUT2D eigenvalue weighted by Crippen LogP contribution is 2.32. The van der Waals surface area contributed by atoms with E-state index in [1.165, 1.54) is 0 Å². The summed E-state index contributed by atoms with van der Waals surface area (Å²) in [6.45, 7) is 0. The fourth-order valence-corrected chi connectivity index (χ4v) is 2.51. The van der Waals surface area contributed by atoms with Gasteiger partial charge in [-0.1, -0.05) is 12.2 Å². The molecule has 1 saturated carbocycles.